The van der Waals surface area contributed by atoms with Crippen LogP contribution in [0, 0.1) is 26.2 Å². The molecular formula is C15H22N2O. The fourth-order valence-corrected chi connectivity index (χ4v) is 2.19. The molecule has 0 aliphatic carbocycles. The third kappa shape index (κ3) is 2.09. The van der Waals surface area contributed by atoms with Crippen molar-refractivity contribution in [2.75, 3.05) is 5.73 Å². The van der Waals surface area contributed by atoms with Gasteiger partial charge in [-0.2, -0.15) is 0 Å². The van der Waals surface area contributed by atoms with Crippen molar-refractivity contribution in [2.24, 2.45) is 5.41 Å². The highest BCUT2D eigenvalue weighted by molar-refractivity contribution is 5.87. The molecule has 3 heteroatoms. The standard InChI is InChI=1S/C15H22N2O/c1-8-9(2)13-14(10(3)12(8)16)18-11(17-13)7-15(4,5)6/h7,16H2,1-6H3. The molecule has 3 nitrogen and oxygen atoms in total. The number of fused-ring (bicyclic) bond motifs is 1. The number of aryl methyl sites for hydroxylation is 2. The highest BCUT2D eigenvalue weighted by atomic mass is 16.3. The Morgan fingerprint density at radius 1 is 1.06 bits per heavy atom. The maximum absolute atomic E-state index is 6.10. The molecule has 1 aromatic carbocycles. The van der Waals surface area contributed by atoms with Crippen LogP contribution in [0.15, 0.2) is 4.42 Å². The monoisotopic (exact) mass is 246 g/mol. The summed E-state index contributed by atoms with van der Waals surface area (Å²) in [4.78, 5) is 4.64. The Morgan fingerprint density at radius 2 is 1.67 bits per heavy atom. The summed E-state index contributed by atoms with van der Waals surface area (Å²) in [6.07, 6.45) is 0.833. The fraction of sp³-hybridized carbons (Fsp3) is 0.533. The van der Waals surface area contributed by atoms with E-state index in [1.54, 1.807) is 0 Å². The van der Waals surface area contributed by atoms with Crippen LogP contribution in [0.4, 0.5) is 5.69 Å². The van der Waals surface area contributed by atoms with Crippen LogP contribution in [0.1, 0.15) is 43.4 Å². The van der Waals surface area contributed by atoms with Gasteiger partial charge in [0.1, 0.15) is 5.52 Å². The largest absolute Gasteiger partial charge is 0.440 e. The Labute approximate surface area is 108 Å². The summed E-state index contributed by atoms with van der Waals surface area (Å²) in [5.74, 6) is 0.800. The minimum Gasteiger partial charge on any atom is -0.440 e. The number of hydrogen-bond donors (Lipinski definition) is 1. The van der Waals surface area contributed by atoms with Crippen LogP contribution in [0.3, 0.4) is 0 Å². The Bertz CT molecular complexity index is 558. The maximum atomic E-state index is 6.10. The van der Waals surface area contributed by atoms with Crippen LogP contribution in [0.25, 0.3) is 11.1 Å². The number of oxazole rings is 1. The molecule has 2 aromatic rings. The number of nitrogens with two attached hydrogens (primary N) is 1. The summed E-state index contributed by atoms with van der Waals surface area (Å²) < 4.78 is 5.90. The van der Waals surface area contributed by atoms with E-state index in [0.717, 1.165) is 45.8 Å². The molecule has 0 atom stereocenters. The van der Waals surface area contributed by atoms with Gasteiger partial charge in [-0.05, 0) is 37.3 Å². The third-order valence-corrected chi connectivity index (χ3v) is 3.42. The number of rotatable bonds is 1. The lowest BCUT2D eigenvalue weighted by molar-refractivity contribution is 0.361. The Morgan fingerprint density at radius 3 is 2.22 bits per heavy atom. The maximum Gasteiger partial charge on any atom is 0.196 e. The molecule has 1 heterocycles. The first kappa shape index (κ1) is 12.9. The van der Waals surface area contributed by atoms with Crippen LogP contribution in [0.2, 0.25) is 0 Å². The third-order valence-electron chi connectivity index (χ3n) is 3.42. The summed E-state index contributed by atoms with van der Waals surface area (Å²) in [6.45, 7) is 12.6. The predicted octanol–water partition coefficient (Wildman–Crippen LogP) is 3.92. The van der Waals surface area contributed by atoms with Crippen molar-refractivity contribution >= 4 is 16.8 Å². The highest BCUT2D eigenvalue weighted by Crippen LogP contribution is 2.32. The van der Waals surface area contributed by atoms with E-state index in [2.05, 4.69) is 32.7 Å². The molecule has 0 fully saturated rings. The number of nitrogen functional groups attached to an aromatic ring is 1. The normalized spacial score (nSPS) is 12.3. The van der Waals surface area contributed by atoms with Gasteiger partial charge in [0.15, 0.2) is 11.5 Å². The van der Waals surface area contributed by atoms with Crippen LogP contribution in [-0.2, 0) is 6.42 Å². The van der Waals surface area contributed by atoms with Crippen molar-refractivity contribution in [1.29, 1.82) is 0 Å². The zero-order valence-corrected chi connectivity index (χ0v) is 12.1. The Balaban J connectivity index is 2.65. The highest BCUT2D eigenvalue weighted by Gasteiger charge is 2.19. The van der Waals surface area contributed by atoms with Gasteiger partial charge in [-0.1, -0.05) is 20.8 Å². The van der Waals surface area contributed by atoms with E-state index in [-0.39, 0.29) is 5.41 Å². The topological polar surface area (TPSA) is 52.0 Å². The molecule has 0 saturated heterocycles. The van der Waals surface area contributed by atoms with Crippen molar-refractivity contribution in [2.45, 2.75) is 48.0 Å². The number of aromatic nitrogens is 1. The molecule has 0 amide bonds. The lowest BCUT2D eigenvalue weighted by Gasteiger charge is -2.14. The van der Waals surface area contributed by atoms with Crippen LogP contribution < -0.4 is 5.73 Å². The molecule has 0 bridgehead atoms. The molecular weight excluding hydrogens is 224 g/mol. The van der Waals surface area contributed by atoms with E-state index in [4.69, 9.17) is 10.2 Å². The Kier molecular flexibility index (Phi) is 2.88. The average Bonchev–Trinajstić information content (AvgIpc) is 2.65. The number of hydrogen-bond acceptors (Lipinski definition) is 3. The van der Waals surface area contributed by atoms with Crippen molar-refractivity contribution in [3.63, 3.8) is 0 Å². The zero-order valence-electron chi connectivity index (χ0n) is 12.1. The smallest absolute Gasteiger partial charge is 0.196 e. The fourth-order valence-electron chi connectivity index (χ4n) is 2.19. The van der Waals surface area contributed by atoms with Crippen LogP contribution in [-0.4, -0.2) is 4.98 Å². The molecule has 0 aliphatic rings. The van der Waals surface area contributed by atoms with Crippen molar-refractivity contribution < 1.29 is 4.42 Å². The van der Waals surface area contributed by atoms with Gasteiger partial charge in [0.05, 0.1) is 0 Å². The van der Waals surface area contributed by atoms with Gasteiger partial charge in [-0.25, -0.2) is 4.98 Å². The zero-order chi connectivity index (χ0) is 13.7. The summed E-state index contributed by atoms with van der Waals surface area (Å²) >= 11 is 0. The summed E-state index contributed by atoms with van der Waals surface area (Å²) in [5.41, 5.74) is 12.1. The molecule has 0 unspecified atom stereocenters. The van der Waals surface area contributed by atoms with Crippen molar-refractivity contribution in [3.05, 3.63) is 22.6 Å². The Hall–Kier alpha value is -1.51. The van der Waals surface area contributed by atoms with Crippen LogP contribution in [0.5, 0.6) is 0 Å². The first-order valence-corrected chi connectivity index (χ1v) is 6.35. The van der Waals surface area contributed by atoms with Crippen molar-refractivity contribution in [1.82, 2.24) is 4.98 Å². The van der Waals surface area contributed by atoms with Gasteiger partial charge in [0.25, 0.3) is 0 Å². The molecule has 2 N–H and O–H groups in total. The second kappa shape index (κ2) is 4.01. The first-order chi connectivity index (χ1) is 8.20. The molecule has 2 rings (SSSR count). The lowest BCUT2D eigenvalue weighted by Crippen LogP contribution is -2.09. The van der Waals surface area contributed by atoms with E-state index in [0.29, 0.717) is 0 Å². The minimum atomic E-state index is 0.170. The van der Waals surface area contributed by atoms with Crippen LogP contribution >= 0.6 is 0 Å². The number of nitrogens with zero attached hydrogens (tertiary/aromatic N) is 1. The van der Waals surface area contributed by atoms with E-state index >= 15 is 0 Å². The van der Waals surface area contributed by atoms with Gasteiger partial charge >= 0.3 is 0 Å². The SMILES string of the molecule is Cc1c(N)c(C)c2oc(CC(C)(C)C)nc2c1C. The molecule has 18 heavy (non-hydrogen) atoms. The van der Waals surface area contributed by atoms with Gasteiger partial charge in [-0.15, -0.1) is 0 Å². The quantitative estimate of drug-likeness (QED) is 0.776. The second-order valence-electron chi connectivity index (χ2n) is 6.31. The van der Waals surface area contributed by atoms with Gasteiger partial charge in [0, 0.05) is 17.7 Å². The van der Waals surface area contributed by atoms with Gasteiger partial charge in [-0.3, -0.25) is 0 Å². The minimum absolute atomic E-state index is 0.170. The lowest BCUT2D eigenvalue weighted by atomic mass is 9.92. The van der Waals surface area contributed by atoms with Gasteiger partial charge in [0.2, 0.25) is 0 Å². The summed E-state index contributed by atoms with van der Waals surface area (Å²) in [6, 6.07) is 0. The number of anilines is 1. The van der Waals surface area contributed by atoms with E-state index < -0.39 is 0 Å². The van der Waals surface area contributed by atoms with E-state index in [9.17, 15) is 0 Å². The van der Waals surface area contributed by atoms with Crippen molar-refractivity contribution in [3.8, 4) is 0 Å². The van der Waals surface area contributed by atoms with E-state index in [1.807, 2.05) is 13.8 Å². The molecule has 0 spiro atoms. The number of benzene rings is 1. The molecule has 1 aromatic heterocycles. The van der Waals surface area contributed by atoms with E-state index in [1.165, 1.54) is 0 Å². The average molecular weight is 246 g/mol. The molecule has 0 radical (unpaired) electrons. The molecule has 0 aliphatic heterocycles. The van der Waals surface area contributed by atoms with Gasteiger partial charge < -0.3 is 10.2 Å². The first-order valence-electron chi connectivity index (χ1n) is 6.35. The summed E-state index contributed by atoms with van der Waals surface area (Å²) in [7, 11) is 0. The summed E-state index contributed by atoms with van der Waals surface area (Å²) in [5, 5.41) is 0. The molecule has 98 valence electrons. The molecule has 0 saturated carbocycles. The predicted molar refractivity (Wildman–Crippen MR) is 75.8 cm³/mol. The second-order valence-corrected chi connectivity index (χ2v) is 6.31.